The van der Waals surface area contributed by atoms with Gasteiger partial charge < -0.3 is 9.73 Å². The van der Waals surface area contributed by atoms with Crippen LogP contribution in [-0.4, -0.2) is 10.2 Å². The molecule has 0 saturated heterocycles. The summed E-state index contributed by atoms with van der Waals surface area (Å²) in [5, 5.41) is 13.1. The molecule has 80 valence electrons. The maximum atomic E-state index is 5.27. The standard InChI is InChI=1S/C9H10BrN3OS/c1-2-8-12-13-9(15-8)11-5-7-6(10)3-4-14-7/h3-4H,2,5H2,1H3,(H,11,13). The molecule has 0 amide bonds. The van der Waals surface area contributed by atoms with Crippen LogP contribution in [-0.2, 0) is 13.0 Å². The summed E-state index contributed by atoms with van der Waals surface area (Å²) in [5.74, 6) is 0.864. The monoisotopic (exact) mass is 287 g/mol. The molecular weight excluding hydrogens is 278 g/mol. The number of anilines is 1. The van der Waals surface area contributed by atoms with Gasteiger partial charge in [-0.25, -0.2) is 0 Å². The maximum Gasteiger partial charge on any atom is 0.206 e. The number of aryl methyl sites for hydroxylation is 1. The van der Waals surface area contributed by atoms with Gasteiger partial charge in [0.2, 0.25) is 5.13 Å². The third kappa shape index (κ3) is 2.57. The Hall–Kier alpha value is -0.880. The minimum absolute atomic E-state index is 0.617. The summed E-state index contributed by atoms with van der Waals surface area (Å²) in [4.78, 5) is 0. The van der Waals surface area contributed by atoms with Gasteiger partial charge in [-0.1, -0.05) is 18.3 Å². The van der Waals surface area contributed by atoms with Gasteiger partial charge in [-0.05, 0) is 28.4 Å². The van der Waals surface area contributed by atoms with Crippen molar-refractivity contribution in [3.63, 3.8) is 0 Å². The first-order valence-electron chi connectivity index (χ1n) is 4.57. The topological polar surface area (TPSA) is 51.0 Å². The minimum atomic E-state index is 0.617. The molecule has 1 N–H and O–H groups in total. The third-order valence-corrected chi connectivity index (χ3v) is 3.59. The van der Waals surface area contributed by atoms with Crippen LogP contribution in [0.2, 0.25) is 0 Å². The smallest absolute Gasteiger partial charge is 0.206 e. The Labute approximate surface area is 99.8 Å². The fourth-order valence-corrected chi connectivity index (χ4v) is 2.09. The molecule has 6 heteroatoms. The van der Waals surface area contributed by atoms with E-state index in [-0.39, 0.29) is 0 Å². The number of rotatable bonds is 4. The van der Waals surface area contributed by atoms with Gasteiger partial charge >= 0.3 is 0 Å². The molecule has 0 spiro atoms. The average molecular weight is 288 g/mol. The molecular formula is C9H10BrN3OS. The Morgan fingerprint density at radius 1 is 1.53 bits per heavy atom. The van der Waals surface area contributed by atoms with Crippen molar-refractivity contribution in [3.05, 3.63) is 27.6 Å². The number of furan rings is 1. The molecule has 0 bridgehead atoms. The highest BCUT2D eigenvalue weighted by molar-refractivity contribution is 9.10. The van der Waals surface area contributed by atoms with Crippen molar-refractivity contribution in [2.45, 2.75) is 19.9 Å². The number of hydrogen-bond donors (Lipinski definition) is 1. The van der Waals surface area contributed by atoms with Crippen molar-refractivity contribution in [3.8, 4) is 0 Å². The Bertz CT molecular complexity index is 440. The molecule has 0 radical (unpaired) electrons. The number of nitrogens with one attached hydrogen (secondary N) is 1. The summed E-state index contributed by atoms with van der Waals surface area (Å²) < 4.78 is 6.23. The lowest BCUT2D eigenvalue weighted by atomic mass is 10.4. The van der Waals surface area contributed by atoms with Crippen molar-refractivity contribution in [2.75, 3.05) is 5.32 Å². The van der Waals surface area contributed by atoms with Crippen molar-refractivity contribution in [2.24, 2.45) is 0 Å². The third-order valence-electron chi connectivity index (χ3n) is 1.86. The summed E-state index contributed by atoms with van der Waals surface area (Å²) in [6, 6.07) is 1.87. The Kier molecular flexibility index (Phi) is 3.37. The highest BCUT2D eigenvalue weighted by Gasteiger charge is 2.05. The van der Waals surface area contributed by atoms with Crippen LogP contribution in [0.1, 0.15) is 17.7 Å². The van der Waals surface area contributed by atoms with Gasteiger partial charge in [-0.15, -0.1) is 10.2 Å². The molecule has 0 aromatic carbocycles. The summed E-state index contributed by atoms with van der Waals surface area (Å²) in [5.41, 5.74) is 0. The maximum absolute atomic E-state index is 5.27. The lowest BCUT2D eigenvalue weighted by Crippen LogP contribution is -1.97. The van der Waals surface area contributed by atoms with Crippen LogP contribution >= 0.6 is 27.3 Å². The molecule has 15 heavy (non-hydrogen) atoms. The van der Waals surface area contributed by atoms with Gasteiger partial charge in [0.15, 0.2) is 0 Å². The molecule has 0 aliphatic heterocycles. The van der Waals surface area contributed by atoms with E-state index in [4.69, 9.17) is 4.42 Å². The SMILES string of the molecule is CCc1nnc(NCc2occc2Br)s1. The summed E-state index contributed by atoms with van der Waals surface area (Å²) in [6.45, 7) is 2.68. The lowest BCUT2D eigenvalue weighted by Gasteiger charge is -1.98. The Balaban J connectivity index is 1.96. The van der Waals surface area contributed by atoms with Crippen LogP contribution < -0.4 is 5.32 Å². The van der Waals surface area contributed by atoms with Crippen LogP contribution in [0, 0.1) is 0 Å². The molecule has 2 rings (SSSR count). The zero-order valence-corrected chi connectivity index (χ0v) is 10.6. The largest absolute Gasteiger partial charge is 0.466 e. The molecule has 0 atom stereocenters. The van der Waals surface area contributed by atoms with E-state index in [2.05, 4.69) is 38.4 Å². The van der Waals surface area contributed by atoms with E-state index >= 15 is 0 Å². The lowest BCUT2D eigenvalue weighted by molar-refractivity contribution is 0.516. The van der Waals surface area contributed by atoms with E-state index in [1.807, 2.05) is 6.07 Å². The van der Waals surface area contributed by atoms with E-state index in [1.165, 1.54) is 0 Å². The van der Waals surface area contributed by atoms with E-state index in [9.17, 15) is 0 Å². The van der Waals surface area contributed by atoms with E-state index in [0.717, 1.165) is 26.8 Å². The number of halogens is 1. The number of aromatic nitrogens is 2. The van der Waals surface area contributed by atoms with Crippen molar-refractivity contribution in [1.29, 1.82) is 0 Å². The molecule has 0 aliphatic carbocycles. The van der Waals surface area contributed by atoms with Gasteiger partial charge in [-0.3, -0.25) is 0 Å². The van der Waals surface area contributed by atoms with Gasteiger partial charge in [-0.2, -0.15) is 0 Å². The zero-order valence-electron chi connectivity index (χ0n) is 8.16. The molecule has 0 fully saturated rings. The highest BCUT2D eigenvalue weighted by atomic mass is 79.9. The minimum Gasteiger partial charge on any atom is -0.466 e. The first-order valence-corrected chi connectivity index (χ1v) is 6.18. The van der Waals surface area contributed by atoms with Crippen LogP contribution in [0.5, 0.6) is 0 Å². The van der Waals surface area contributed by atoms with Crippen molar-refractivity contribution >= 4 is 32.4 Å². The molecule has 2 heterocycles. The van der Waals surface area contributed by atoms with E-state index in [0.29, 0.717) is 6.54 Å². The predicted molar refractivity (Wildman–Crippen MR) is 63.0 cm³/mol. The molecule has 2 aromatic heterocycles. The van der Waals surface area contributed by atoms with E-state index in [1.54, 1.807) is 17.6 Å². The molecule has 0 saturated carbocycles. The van der Waals surface area contributed by atoms with Crippen LogP contribution in [0.25, 0.3) is 0 Å². The second kappa shape index (κ2) is 4.76. The second-order valence-electron chi connectivity index (χ2n) is 2.90. The molecule has 4 nitrogen and oxygen atoms in total. The van der Waals surface area contributed by atoms with Gasteiger partial charge in [0.25, 0.3) is 0 Å². The van der Waals surface area contributed by atoms with Crippen molar-refractivity contribution in [1.82, 2.24) is 10.2 Å². The average Bonchev–Trinajstić information content (AvgIpc) is 2.84. The first-order chi connectivity index (χ1) is 7.29. The van der Waals surface area contributed by atoms with Gasteiger partial charge in [0.05, 0.1) is 17.3 Å². The molecule has 0 aliphatic rings. The van der Waals surface area contributed by atoms with Crippen LogP contribution in [0.4, 0.5) is 5.13 Å². The molecule has 0 unspecified atom stereocenters. The normalized spacial score (nSPS) is 10.5. The fourth-order valence-electron chi connectivity index (χ4n) is 1.08. The summed E-state index contributed by atoms with van der Waals surface area (Å²) in [7, 11) is 0. The fraction of sp³-hybridized carbons (Fsp3) is 0.333. The first kappa shape index (κ1) is 10.6. The van der Waals surface area contributed by atoms with Crippen LogP contribution in [0.15, 0.2) is 21.2 Å². The van der Waals surface area contributed by atoms with E-state index < -0.39 is 0 Å². The van der Waals surface area contributed by atoms with Crippen LogP contribution in [0.3, 0.4) is 0 Å². The zero-order chi connectivity index (χ0) is 10.7. The second-order valence-corrected chi connectivity index (χ2v) is 4.82. The van der Waals surface area contributed by atoms with Gasteiger partial charge in [0.1, 0.15) is 10.8 Å². The Morgan fingerprint density at radius 2 is 2.40 bits per heavy atom. The quantitative estimate of drug-likeness (QED) is 0.939. The number of nitrogens with zero attached hydrogens (tertiary/aromatic N) is 2. The molecule has 2 aromatic rings. The number of hydrogen-bond acceptors (Lipinski definition) is 5. The predicted octanol–water partition coefficient (Wildman–Crippen LogP) is 3.07. The summed E-state index contributed by atoms with van der Waals surface area (Å²) >= 11 is 4.96. The van der Waals surface area contributed by atoms with Crippen molar-refractivity contribution < 1.29 is 4.42 Å². The highest BCUT2D eigenvalue weighted by Crippen LogP contribution is 2.20. The summed E-state index contributed by atoms with van der Waals surface area (Å²) in [6.07, 6.45) is 2.57. The Morgan fingerprint density at radius 3 is 3.00 bits per heavy atom. The van der Waals surface area contributed by atoms with Gasteiger partial charge in [0, 0.05) is 0 Å².